The molecule has 9 nitrogen and oxygen atoms in total. The first kappa shape index (κ1) is 16.9. The van der Waals surface area contributed by atoms with E-state index in [0.29, 0.717) is 0 Å². The number of amides is 1. The van der Waals surface area contributed by atoms with E-state index in [2.05, 4.69) is 5.32 Å². The third kappa shape index (κ3) is 5.36. The van der Waals surface area contributed by atoms with Gasteiger partial charge in [-0.25, -0.2) is 8.42 Å². The van der Waals surface area contributed by atoms with E-state index in [1.54, 1.807) is 0 Å². The van der Waals surface area contributed by atoms with Crippen molar-refractivity contribution in [2.75, 3.05) is 17.3 Å². The molecule has 0 heterocycles. The summed E-state index contributed by atoms with van der Waals surface area (Å²) in [5.74, 6) is -1.33. The van der Waals surface area contributed by atoms with Crippen LogP contribution in [0.4, 0.5) is 11.4 Å². The van der Waals surface area contributed by atoms with Gasteiger partial charge in [0.15, 0.2) is 0 Å². The molecule has 0 saturated carbocycles. The fraction of sp³-hybridized carbons (Fsp3) is 0.364. The Balaban J connectivity index is 2.81. The zero-order valence-corrected chi connectivity index (χ0v) is 12.0. The number of rotatable bonds is 6. The lowest BCUT2D eigenvalue weighted by Gasteiger charge is -2.12. The molecule has 116 valence electrons. The number of aromatic hydroxyl groups is 1. The van der Waals surface area contributed by atoms with Crippen LogP contribution in [0, 0.1) is 10.1 Å². The summed E-state index contributed by atoms with van der Waals surface area (Å²) in [7, 11) is -3.25. The van der Waals surface area contributed by atoms with Gasteiger partial charge in [-0.15, -0.1) is 0 Å². The van der Waals surface area contributed by atoms with E-state index in [1.807, 2.05) is 0 Å². The first-order valence-electron chi connectivity index (χ1n) is 5.82. The third-order valence-corrected chi connectivity index (χ3v) is 3.55. The van der Waals surface area contributed by atoms with Crippen molar-refractivity contribution in [1.82, 2.24) is 0 Å². The van der Waals surface area contributed by atoms with Crippen LogP contribution in [0.2, 0.25) is 0 Å². The molecule has 0 spiro atoms. The van der Waals surface area contributed by atoms with Crippen LogP contribution in [-0.2, 0) is 14.6 Å². The van der Waals surface area contributed by atoms with Gasteiger partial charge in [0.1, 0.15) is 21.3 Å². The number of benzene rings is 1. The minimum absolute atomic E-state index is 0.101. The maximum absolute atomic E-state index is 11.8. The van der Waals surface area contributed by atoms with E-state index in [4.69, 9.17) is 5.73 Å². The van der Waals surface area contributed by atoms with Crippen molar-refractivity contribution in [3.8, 4) is 5.75 Å². The van der Waals surface area contributed by atoms with Crippen molar-refractivity contribution < 1.29 is 23.2 Å². The number of anilines is 1. The highest BCUT2D eigenvalue weighted by Crippen LogP contribution is 2.28. The highest BCUT2D eigenvalue weighted by Gasteiger charge is 2.21. The summed E-state index contributed by atoms with van der Waals surface area (Å²) in [6.45, 7) is 0. The molecule has 0 aromatic heterocycles. The first-order chi connectivity index (χ1) is 9.60. The molecular weight excluding hydrogens is 302 g/mol. The van der Waals surface area contributed by atoms with E-state index < -0.39 is 32.4 Å². The van der Waals surface area contributed by atoms with Crippen LogP contribution in [0.15, 0.2) is 18.2 Å². The number of hydrogen-bond acceptors (Lipinski definition) is 7. The lowest BCUT2D eigenvalue weighted by atomic mass is 10.2. The second-order valence-electron chi connectivity index (χ2n) is 4.47. The fourth-order valence-corrected chi connectivity index (χ4v) is 2.16. The van der Waals surface area contributed by atoms with Crippen LogP contribution >= 0.6 is 0 Å². The van der Waals surface area contributed by atoms with E-state index >= 15 is 0 Å². The lowest BCUT2D eigenvalue weighted by Crippen LogP contribution is -2.37. The molecule has 0 aliphatic carbocycles. The third-order valence-electron chi connectivity index (χ3n) is 2.57. The van der Waals surface area contributed by atoms with Gasteiger partial charge in [-0.05, 0) is 18.6 Å². The average Bonchev–Trinajstić information content (AvgIpc) is 2.36. The maximum Gasteiger partial charge on any atom is 0.296 e. The topological polar surface area (TPSA) is 153 Å². The Morgan fingerprint density at radius 2 is 2.14 bits per heavy atom. The van der Waals surface area contributed by atoms with Crippen LogP contribution in [0.25, 0.3) is 0 Å². The number of nitro benzene ring substituents is 1. The number of hydrogen-bond donors (Lipinski definition) is 3. The van der Waals surface area contributed by atoms with Crippen molar-refractivity contribution >= 4 is 27.1 Å². The molecule has 0 aliphatic heterocycles. The number of sulfone groups is 1. The first-order valence-corrected chi connectivity index (χ1v) is 7.88. The van der Waals surface area contributed by atoms with Gasteiger partial charge in [-0.2, -0.15) is 0 Å². The summed E-state index contributed by atoms with van der Waals surface area (Å²) in [6, 6.07) is 2.10. The molecule has 1 amide bonds. The highest BCUT2D eigenvalue weighted by atomic mass is 32.2. The molecular formula is C11H15N3O6S. The van der Waals surface area contributed by atoms with Crippen molar-refractivity contribution in [1.29, 1.82) is 0 Å². The van der Waals surface area contributed by atoms with Gasteiger partial charge in [0.2, 0.25) is 5.91 Å². The number of carbonyl (C=O) groups is 1. The van der Waals surface area contributed by atoms with Crippen molar-refractivity contribution in [2.24, 2.45) is 5.73 Å². The van der Waals surface area contributed by atoms with Crippen LogP contribution < -0.4 is 11.1 Å². The fourth-order valence-electron chi connectivity index (χ4n) is 1.47. The number of phenolic OH excluding ortho intramolecular Hbond substituents is 1. The van der Waals surface area contributed by atoms with Crippen LogP contribution in [0.3, 0.4) is 0 Å². The van der Waals surface area contributed by atoms with Crippen molar-refractivity contribution in [3.05, 3.63) is 28.3 Å². The Morgan fingerprint density at radius 1 is 1.52 bits per heavy atom. The predicted octanol–water partition coefficient (Wildman–Crippen LogP) is 0.000900. The van der Waals surface area contributed by atoms with Gasteiger partial charge in [0, 0.05) is 6.26 Å². The summed E-state index contributed by atoms with van der Waals surface area (Å²) < 4.78 is 22.0. The van der Waals surface area contributed by atoms with Gasteiger partial charge >= 0.3 is 0 Å². The zero-order valence-electron chi connectivity index (χ0n) is 11.1. The van der Waals surface area contributed by atoms with E-state index in [1.165, 1.54) is 6.07 Å². The monoisotopic (exact) mass is 317 g/mol. The largest absolute Gasteiger partial charge is 0.508 e. The van der Waals surface area contributed by atoms with Gasteiger partial charge in [0.05, 0.1) is 22.8 Å². The molecule has 1 atom stereocenters. The van der Waals surface area contributed by atoms with Gasteiger partial charge < -0.3 is 16.2 Å². The molecule has 4 N–H and O–H groups in total. The molecule has 10 heteroatoms. The normalized spacial score (nSPS) is 12.7. The Bertz CT molecular complexity index is 658. The minimum atomic E-state index is -3.25. The Hall–Kier alpha value is -2.20. The summed E-state index contributed by atoms with van der Waals surface area (Å²) in [4.78, 5) is 21.8. The smallest absolute Gasteiger partial charge is 0.296 e. The van der Waals surface area contributed by atoms with E-state index in [-0.39, 0.29) is 23.6 Å². The Kier molecular flexibility index (Phi) is 5.22. The zero-order chi connectivity index (χ0) is 16.2. The minimum Gasteiger partial charge on any atom is -0.508 e. The number of nitrogens with one attached hydrogen (secondary N) is 1. The summed E-state index contributed by atoms with van der Waals surface area (Å²) in [5, 5.41) is 22.3. The maximum atomic E-state index is 11.8. The number of nitrogens with two attached hydrogens (primary N) is 1. The molecule has 1 unspecified atom stereocenters. The molecule has 0 saturated heterocycles. The summed E-state index contributed by atoms with van der Waals surface area (Å²) in [6.07, 6.45) is 0.916. The Morgan fingerprint density at radius 3 is 2.67 bits per heavy atom. The molecule has 0 radical (unpaired) electrons. The summed E-state index contributed by atoms with van der Waals surface area (Å²) in [5.41, 5.74) is 4.92. The molecule has 1 aromatic carbocycles. The molecule has 1 rings (SSSR count). The Labute approximate surface area is 120 Å². The van der Waals surface area contributed by atoms with Crippen molar-refractivity contribution in [2.45, 2.75) is 12.5 Å². The average molecular weight is 317 g/mol. The number of carbonyl (C=O) groups excluding carboxylic acids is 1. The number of phenols is 1. The highest BCUT2D eigenvalue weighted by molar-refractivity contribution is 7.90. The van der Waals surface area contributed by atoms with Crippen LogP contribution in [0.5, 0.6) is 5.75 Å². The predicted molar refractivity (Wildman–Crippen MR) is 75.7 cm³/mol. The van der Waals surface area contributed by atoms with Crippen molar-refractivity contribution in [3.63, 3.8) is 0 Å². The van der Waals surface area contributed by atoms with E-state index in [0.717, 1.165) is 18.4 Å². The SMILES string of the molecule is CS(=O)(=O)CCC(N)C(=O)Nc1ccc(O)cc1[N+](=O)[O-]. The standard InChI is InChI=1S/C11H15N3O6S/c1-21(19,20)5-4-8(12)11(16)13-9-3-2-7(15)6-10(9)14(17)18/h2-3,6,8,15H,4-5,12H2,1H3,(H,13,16). The summed E-state index contributed by atoms with van der Waals surface area (Å²) >= 11 is 0. The molecule has 1 aromatic rings. The van der Waals surface area contributed by atoms with Crippen LogP contribution in [-0.4, -0.2) is 42.4 Å². The molecule has 0 fully saturated rings. The quantitative estimate of drug-likeness (QED) is 0.379. The van der Waals surface area contributed by atoms with Crippen LogP contribution in [0.1, 0.15) is 6.42 Å². The molecule has 21 heavy (non-hydrogen) atoms. The van der Waals surface area contributed by atoms with Gasteiger partial charge in [-0.1, -0.05) is 0 Å². The number of nitrogens with zero attached hydrogens (tertiary/aromatic N) is 1. The second-order valence-corrected chi connectivity index (χ2v) is 6.73. The molecule has 0 aliphatic rings. The lowest BCUT2D eigenvalue weighted by molar-refractivity contribution is -0.384. The van der Waals surface area contributed by atoms with E-state index in [9.17, 15) is 28.4 Å². The number of nitro groups is 1. The van der Waals surface area contributed by atoms with Gasteiger partial charge in [0.25, 0.3) is 5.69 Å². The molecule has 0 bridgehead atoms. The van der Waals surface area contributed by atoms with Gasteiger partial charge in [-0.3, -0.25) is 14.9 Å². The second kappa shape index (κ2) is 6.50.